The number of benzene rings is 2. The number of nitrogens with zero attached hydrogens (tertiary/aromatic N) is 1. The summed E-state index contributed by atoms with van der Waals surface area (Å²) in [6, 6.07) is 14.4. The Morgan fingerprint density at radius 2 is 2.00 bits per heavy atom. The first-order valence-corrected chi connectivity index (χ1v) is 7.39. The molecule has 0 unspecified atom stereocenters. The third kappa shape index (κ3) is 2.42. The van der Waals surface area contributed by atoms with Crippen LogP contribution in [0.25, 0.3) is 22.0 Å². The summed E-state index contributed by atoms with van der Waals surface area (Å²) in [5.74, 6) is -0.0104. The molecule has 1 amide bonds. The summed E-state index contributed by atoms with van der Waals surface area (Å²) < 4.78 is 0. The maximum absolute atomic E-state index is 11.4. The van der Waals surface area contributed by atoms with Crippen LogP contribution in [-0.2, 0) is 4.79 Å². The Morgan fingerprint density at radius 3 is 2.85 bits per heavy atom. The van der Waals surface area contributed by atoms with Crippen molar-refractivity contribution in [2.24, 2.45) is 0 Å². The maximum atomic E-state index is 11.4. The zero-order valence-electron chi connectivity index (χ0n) is 11.1. The molecule has 3 nitrogen and oxygen atoms in total. The predicted octanol–water partition coefficient (Wildman–Crippen LogP) is 4.31. The smallest absolute Gasteiger partial charge is 0.225 e. The Bertz CT molecular complexity index is 759. The van der Waals surface area contributed by atoms with Gasteiger partial charge in [0.15, 0.2) is 5.13 Å². The van der Waals surface area contributed by atoms with E-state index in [4.69, 9.17) is 0 Å². The molecule has 1 aromatic heterocycles. The van der Waals surface area contributed by atoms with Crippen molar-refractivity contribution in [2.75, 3.05) is 5.32 Å². The van der Waals surface area contributed by atoms with Gasteiger partial charge in [-0.3, -0.25) is 4.79 Å². The van der Waals surface area contributed by atoms with E-state index in [1.165, 1.54) is 22.1 Å². The monoisotopic (exact) mass is 282 g/mol. The summed E-state index contributed by atoms with van der Waals surface area (Å²) in [5.41, 5.74) is 1.99. The Morgan fingerprint density at radius 1 is 1.20 bits per heavy atom. The Kier molecular flexibility index (Phi) is 3.48. The highest BCUT2D eigenvalue weighted by atomic mass is 32.1. The normalized spacial score (nSPS) is 10.7. The van der Waals surface area contributed by atoms with Crippen LogP contribution in [0.15, 0.2) is 47.8 Å². The van der Waals surface area contributed by atoms with Gasteiger partial charge in [-0.05, 0) is 10.8 Å². The van der Waals surface area contributed by atoms with E-state index in [9.17, 15) is 4.79 Å². The lowest BCUT2D eigenvalue weighted by Crippen LogP contribution is -2.08. The first-order chi connectivity index (χ1) is 9.78. The fraction of sp³-hybridized carbons (Fsp3) is 0.125. The molecule has 0 spiro atoms. The minimum absolute atomic E-state index is 0.0104. The van der Waals surface area contributed by atoms with Crippen LogP contribution >= 0.6 is 11.3 Å². The molecule has 1 heterocycles. The van der Waals surface area contributed by atoms with E-state index in [0.29, 0.717) is 11.6 Å². The van der Waals surface area contributed by atoms with Gasteiger partial charge in [-0.1, -0.05) is 49.4 Å². The zero-order valence-corrected chi connectivity index (χ0v) is 11.9. The molecular formula is C16H14N2OS. The molecule has 2 aromatic carbocycles. The number of hydrogen-bond acceptors (Lipinski definition) is 3. The third-order valence-electron chi connectivity index (χ3n) is 3.14. The van der Waals surface area contributed by atoms with Crippen LogP contribution in [0.2, 0.25) is 0 Å². The van der Waals surface area contributed by atoms with E-state index in [1.54, 1.807) is 0 Å². The molecule has 3 aromatic rings. The summed E-state index contributed by atoms with van der Waals surface area (Å²) in [6.07, 6.45) is 0.461. The average molecular weight is 282 g/mol. The Hall–Kier alpha value is -2.20. The van der Waals surface area contributed by atoms with Gasteiger partial charge in [0, 0.05) is 17.4 Å². The second-order valence-corrected chi connectivity index (χ2v) is 5.32. The molecular weight excluding hydrogens is 268 g/mol. The molecule has 4 heteroatoms. The third-order valence-corrected chi connectivity index (χ3v) is 3.89. The number of amides is 1. The van der Waals surface area contributed by atoms with Crippen molar-refractivity contribution in [3.8, 4) is 11.3 Å². The topological polar surface area (TPSA) is 42.0 Å². The summed E-state index contributed by atoms with van der Waals surface area (Å²) in [4.78, 5) is 15.9. The molecule has 100 valence electrons. The second kappa shape index (κ2) is 5.43. The number of thiazole rings is 1. The molecule has 0 bridgehead atoms. The van der Waals surface area contributed by atoms with Crippen LogP contribution in [0.4, 0.5) is 5.13 Å². The first-order valence-electron chi connectivity index (χ1n) is 6.51. The minimum Gasteiger partial charge on any atom is -0.302 e. The van der Waals surface area contributed by atoms with Gasteiger partial charge in [-0.25, -0.2) is 4.98 Å². The van der Waals surface area contributed by atoms with Crippen molar-refractivity contribution >= 4 is 33.1 Å². The van der Waals surface area contributed by atoms with Gasteiger partial charge in [-0.15, -0.1) is 11.3 Å². The largest absolute Gasteiger partial charge is 0.302 e. The number of carbonyl (C=O) groups excluding carboxylic acids is 1. The van der Waals surface area contributed by atoms with Crippen molar-refractivity contribution in [1.82, 2.24) is 4.98 Å². The summed E-state index contributed by atoms with van der Waals surface area (Å²) in [6.45, 7) is 1.83. The quantitative estimate of drug-likeness (QED) is 0.777. The fourth-order valence-corrected chi connectivity index (χ4v) is 2.84. The van der Waals surface area contributed by atoms with Gasteiger partial charge < -0.3 is 5.32 Å². The molecule has 0 radical (unpaired) electrons. The van der Waals surface area contributed by atoms with Crippen LogP contribution in [0.3, 0.4) is 0 Å². The number of rotatable bonds is 3. The average Bonchev–Trinajstić information content (AvgIpc) is 2.94. The van der Waals surface area contributed by atoms with Gasteiger partial charge in [-0.2, -0.15) is 0 Å². The molecule has 0 fully saturated rings. The van der Waals surface area contributed by atoms with E-state index in [0.717, 1.165) is 11.3 Å². The van der Waals surface area contributed by atoms with E-state index in [1.807, 2.05) is 30.5 Å². The van der Waals surface area contributed by atoms with Crippen molar-refractivity contribution < 1.29 is 4.79 Å². The number of nitrogens with one attached hydrogen (secondary N) is 1. The SMILES string of the molecule is CCC(=O)Nc1nc(-c2cccc3ccccc23)cs1. The summed E-state index contributed by atoms with van der Waals surface area (Å²) >= 11 is 1.45. The van der Waals surface area contributed by atoms with E-state index >= 15 is 0 Å². The molecule has 3 rings (SSSR count). The highest BCUT2D eigenvalue weighted by Crippen LogP contribution is 2.30. The second-order valence-electron chi connectivity index (χ2n) is 4.47. The standard InChI is InChI=1S/C16H14N2OS/c1-2-15(19)18-16-17-14(10-20-16)13-9-5-7-11-6-3-4-8-12(11)13/h3-10H,2H2,1H3,(H,17,18,19). The number of hydrogen-bond donors (Lipinski definition) is 1. The lowest BCUT2D eigenvalue weighted by atomic mass is 10.0. The van der Waals surface area contributed by atoms with Gasteiger partial charge >= 0.3 is 0 Å². The Labute approximate surface area is 121 Å². The molecule has 20 heavy (non-hydrogen) atoms. The van der Waals surface area contributed by atoms with Crippen LogP contribution in [-0.4, -0.2) is 10.9 Å². The molecule has 1 N–H and O–H groups in total. The molecule has 0 saturated heterocycles. The van der Waals surface area contributed by atoms with Crippen LogP contribution in [0.1, 0.15) is 13.3 Å². The van der Waals surface area contributed by atoms with E-state index < -0.39 is 0 Å². The van der Waals surface area contributed by atoms with Crippen LogP contribution in [0, 0.1) is 0 Å². The Balaban J connectivity index is 2.01. The highest BCUT2D eigenvalue weighted by molar-refractivity contribution is 7.14. The lowest BCUT2D eigenvalue weighted by Gasteiger charge is -2.03. The zero-order chi connectivity index (χ0) is 13.9. The van der Waals surface area contributed by atoms with Gasteiger partial charge in [0.1, 0.15) is 0 Å². The molecule has 0 aliphatic carbocycles. The highest BCUT2D eigenvalue weighted by Gasteiger charge is 2.09. The van der Waals surface area contributed by atoms with Crippen molar-refractivity contribution in [2.45, 2.75) is 13.3 Å². The fourth-order valence-electron chi connectivity index (χ4n) is 2.11. The number of anilines is 1. The predicted molar refractivity (Wildman–Crippen MR) is 84.0 cm³/mol. The van der Waals surface area contributed by atoms with Crippen molar-refractivity contribution in [3.05, 3.63) is 47.8 Å². The number of aromatic nitrogens is 1. The molecule has 0 saturated carbocycles. The van der Waals surface area contributed by atoms with Crippen molar-refractivity contribution in [3.63, 3.8) is 0 Å². The molecule has 0 atom stereocenters. The first kappa shape index (κ1) is 12.8. The van der Waals surface area contributed by atoms with Crippen molar-refractivity contribution in [1.29, 1.82) is 0 Å². The summed E-state index contributed by atoms with van der Waals surface area (Å²) in [5, 5.41) is 7.80. The number of fused-ring (bicyclic) bond motifs is 1. The van der Waals surface area contributed by atoms with E-state index in [-0.39, 0.29) is 5.91 Å². The lowest BCUT2D eigenvalue weighted by molar-refractivity contribution is -0.115. The van der Waals surface area contributed by atoms with Gasteiger partial charge in [0.05, 0.1) is 5.69 Å². The van der Waals surface area contributed by atoms with E-state index in [2.05, 4.69) is 34.6 Å². The molecule has 0 aliphatic heterocycles. The van der Waals surface area contributed by atoms with Crippen LogP contribution < -0.4 is 5.32 Å². The maximum Gasteiger partial charge on any atom is 0.225 e. The summed E-state index contributed by atoms with van der Waals surface area (Å²) in [7, 11) is 0. The minimum atomic E-state index is -0.0104. The van der Waals surface area contributed by atoms with Crippen LogP contribution in [0.5, 0.6) is 0 Å². The molecule has 0 aliphatic rings. The number of carbonyl (C=O) groups is 1. The van der Waals surface area contributed by atoms with Gasteiger partial charge in [0.2, 0.25) is 5.91 Å². The van der Waals surface area contributed by atoms with Gasteiger partial charge in [0.25, 0.3) is 0 Å².